The van der Waals surface area contributed by atoms with Crippen molar-refractivity contribution in [1.29, 1.82) is 0 Å². The minimum atomic E-state index is -0.688. The van der Waals surface area contributed by atoms with Crippen molar-refractivity contribution >= 4 is 41.5 Å². The summed E-state index contributed by atoms with van der Waals surface area (Å²) < 4.78 is 4.78. The van der Waals surface area contributed by atoms with Crippen LogP contribution >= 0.6 is 0 Å². The van der Waals surface area contributed by atoms with Crippen LogP contribution in [-0.2, 0) is 14.3 Å². The first kappa shape index (κ1) is 25.3. The van der Waals surface area contributed by atoms with Crippen LogP contribution in [-0.4, -0.2) is 47.5 Å². The molecule has 2 N–H and O–H groups in total. The maximum Gasteiger partial charge on any atom is 0.330 e. The number of rotatable bonds is 13. The van der Waals surface area contributed by atoms with Crippen molar-refractivity contribution in [3.63, 3.8) is 0 Å². The Morgan fingerprint density at radius 1 is 0.913 bits per heavy atom. The molecule has 1 atom stereocenters. The second-order valence-corrected chi connectivity index (χ2v) is 6.61. The van der Waals surface area contributed by atoms with Crippen LogP contribution in [0.3, 0.4) is 0 Å². The second kappa shape index (κ2) is 16.9. The fourth-order valence-corrected chi connectivity index (χ4v) is 2.42. The molecule has 0 aliphatic carbocycles. The Labute approximate surface area is 164 Å². The van der Waals surface area contributed by atoms with Gasteiger partial charge in [0.05, 0.1) is 0 Å². The number of hydrogen-bond donors (Lipinski definition) is 1. The summed E-state index contributed by atoms with van der Waals surface area (Å²) >= 11 is 0. The molecule has 0 saturated heterocycles. The molecule has 0 heterocycles. The predicted octanol–water partition coefficient (Wildman–Crippen LogP) is 3.97. The van der Waals surface area contributed by atoms with E-state index in [1.807, 2.05) is 13.8 Å². The zero-order valence-electron chi connectivity index (χ0n) is 15.7. The van der Waals surface area contributed by atoms with Crippen LogP contribution in [0.2, 0.25) is 0 Å². The number of unbranched alkanes of at least 4 members (excludes halogenated alkanes) is 8. The maximum absolute atomic E-state index is 11.6. The second-order valence-electron chi connectivity index (χ2n) is 6.61. The Balaban J connectivity index is 0. The zero-order valence-corrected chi connectivity index (χ0v) is 17.7. The summed E-state index contributed by atoms with van der Waals surface area (Å²) in [6, 6.07) is -0.688. The van der Waals surface area contributed by atoms with E-state index in [0.29, 0.717) is 18.8 Å². The fourth-order valence-electron chi connectivity index (χ4n) is 2.42. The van der Waals surface area contributed by atoms with Crippen molar-refractivity contribution in [2.45, 2.75) is 97.4 Å². The van der Waals surface area contributed by atoms with Gasteiger partial charge >= 0.3 is 11.9 Å². The van der Waals surface area contributed by atoms with Crippen LogP contribution in [0.5, 0.6) is 0 Å². The molecule has 4 nitrogen and oxygen atoms in total. The number of carbonyl (C=O) groups is 2. The third-order valence-electron chi connectivity index (χ3n) is 3.73. The summed E-state index contributed by atoms with van der Waals surface area (Å²) in [5.74, 6) is -0.711. The van der Waals surface area contributed by atoms with Gasteiger partial charge in [-0.1, -0.05) is 72.1 Å². The number of ether oxygens (including phenoxy) is 1. The van der Waals surface area contributed by atoms with Crippen LogP contribution in [0.4, 0.5) is 0 Å². The average molecular weight is 336 g/mol. The molecule has 0 amide bonds. The van der Waals surface area contributed by atoms with Crippen LogP contribution < -0.4 is 5.73 Å². The van der Waals surface area contributed by atoms with Gasteiger partial charge in [-0.3, -0.25) is 4.79 Å². The molecule has 0 aliphatic rings. The first-order valence-corrected chi connectivity index (χ1v) is 8.97. The van der Waals surface area contributed by atoms with Gasteiger partial charge in [0.2, 0.25) is 0 Å². The summed E-state index contributed by atoms with van der Waals surface area (Å²) in [7, 11) is 0. The monoisotopic (exact) mass is 336 g/mol. The summed E-state index contributed by atoms with van der Waals surface area (Å²) in [4.78, 5) is 23.1. The van der Waals surface area contributed by atoms with Crippen LogP contribution in [0.1, 0.15) is 91.4 Å². The maximum atomic E-state index is 11.6. The summed E-state index contributed by atoms with van der Waals surface area (Å²) in [6.45, 7) is 6.19. The molecule has 0 aromatic carbocycles. The topological polar surface area (TPSA) is 69.4 Å². The van der Waals surface area contributed by atoms with E-state index < -0.39 is 18.0 Å². The fraction of sp³-hybridized carbons (Fsp3) is 0.889. The Morgan fingerprint density at radius 2 is 1.39 bits per heavy atom. The largest absolute Gasteiger partial charge is 0.392 e. The van der Waals surface area contributed by atoms with Crippen molar-refractivity contribution in [1.82, 2.24) is 0 Å². The molecule has 0 saturated carbocycles. The molecule has 131 valence electrons. The molecule has 0 aromatic rings. The van der Waals surface area contributed by atoms with E-state index in [0.717, 1.165) is 19.3 Å². The normalized spacial score (nSPS) is 11.9. The minimum Gasteiger partial charge on any atom is -0.392 e. The number of esters is 2. The van der Waals surface area contributed by atoms with Gasteiger partial charge in [0.1, 0.15) is 6.04 Å². The van der Waals surface area contributed by atoms with Gasteiger partial charge in [0, 0.05) is 36.0 Å². The first-order valence-electron chi connectivity index (χ1n) is 8.97. The molecule has 5 heteroatoms. The van der Waals surface area contributed by atoms with Crippen molar-refractivity contribution in [2.24, 2.45) is 11.7 Å². The quantitative estimate of drug-likeness (QED) is 0.239. The molecule has 0 aromatic heterocycles. The van der Waals surface area contributed by atoms with E-state index in [-0.39, 0.29) is 29.6 Å². The third-order valence-corrected chi connectivity index (χ3v) is 3.73. The molecule has 0 unspecified atom stereocenters. The van der Waals surface area contributed by atoms with Crippen LogP contribution in [0.15, 0.2) is 0 Å². The average Bonchev–Trinajstić information content (AvgIpc) is 2.44. The first-order chi connectivity index (χ1) is 10.5. The minimum absolute atomic E-state index is 0. The Hall–Kier alpha value is 0.1000. The molecule has 0 fully saturated rings. The van der Waals surface area contributed by atoms with Gasteiger partial charge in [-0.15, -0.1) is 0 Å². The van der Waals surface area contributed by atoms with Crippen LogP contribution in [0.25, 0.3) is 0 Å². The molecule has 0 rings (SSSR count). The van der Waals surface area contributed by atoms with E-state index in [2.05, 4.69) is 6.92 Å². The predicted molar refractivity (Wildman–Crippen MR) is 96.1 cm³/mol. The van der Waals surface area contributed by atoms with Crippen molar-refractivity contribution in [3.05, 3.63) is 0 Å². The van der Waals surface area contributed by atoms with Crippen molar-refractivity contribution in [3.8, 4) is 0 Å². The molecule has 0 aliphatic heterocycles. The van der Waals surface area contributed by atoms with Gasteiger partial charge in [0.15, 0.2) is 0 Å². The van der Waals surface area contributed by atoms with E-state index >= 15 is 0 Å². The molecule has 0 spiro atoms. The zero-order chi connectivity index (χ0) is 16.8. The number of hydrogen-bond acceptors (Lipinski definition) is 4. The SMILES string of the molecule is CCCCCCCCCCCC(=O)OC(=O)[C@@H](N)CC(C)C.[Na]. The summed E-state index contributed by atoms with van der Waals surface area (Å²) in [5.41, 5.74) is 5.68. The smallest absolute Gasteiger partial charge is 0.330 e. The standard InChI is InChI=1S/C18H35NO3.Na/c1-4-5-6-7-8-9-10-11-12-13-17(20)22-18(21)16(19)14-15(2)3;/h15-16H,4-14,19H2,1-3H3;/t16-;/m0./s1. The molecule has 1 radical (unpaired) electrons. The third kappa shape index (κ3) is 16.7. The Bertz CT molecular complexity index is 309. The summed E-state index contributed by atoms with van der Waals surface area (Å²) in [6.07, 6.45) is 11.6. The van der Waals surface area contributed by atoms with Gasteiger partial charge in [-0.2, -0.15) is 0 Å². The van der Waals surface area contributed by atoms with Crippen LogP contribution in [0, 0.1) is 5.92 Å². The van der Waals surface area contributed by atoms with Crippen molar-refractivity contribution < 1.29 is 14.3 Å². The molecular formula is C18H35NNaO3. The number of carbonyl (C=O) groups excluding carboxylic acids is 2. The van der Waals surface area contributed by atoms with Gasteiger partial charge in [-0.05, 0) is 18.8 Å². The Morgan fingerprint density at radius 3 is 1.87 bits per heavy atom. The molecule has 0 bridgehead atoms. The van der Waals surface area contributed by atoms with Gasteiger partial charge < -0.3 is 10.5 Å². The molecular weight excluding hydrogens is 301 g/mol. The van der Waals surface area contributed by atoms with Gasteiger partial charge in [0.25, 0.3) is 0 Å². The summed E-state index contributed by atoms with van der Waals surface area (Å²) in [5, 5.41) is 0. The van der Waals surface area contributed by atoms with E-state index in [4.69, 9.17) is 10.5 Å². The Kier molecular flexibility index (Phi) is 18.7. The van der Waals surface area contributed by atoms with Crippen molar-refractivity contribution in [2.75, 3.05) is 0 Å². The van der Waals surface area contributed by atoms with Gasteiger partial charge in [-0.25, -0.2) is 4.79 Å². The van der Waals surface area contributed by atoms with E-state index in [1.54, 1.807) is 0 Å². The molecule has 23 heavy (non-hydrogen) atoms. The van der Waals surface area contributed by atoms with E-state index in [9.17, 15) is 9.59 Å². The number of nitrogens with two attached hydrogens (primary N) is 1. The van der Waals surface area contributed by atoms with E-state index in [1.165, 1.54) is 38.5 Å².